The summed E-state index contributed by atoms with van der Waals surface area (Å²) in [6, 6.07) is 2.27. The zero-order chi connectivity index (χ0) is 19.0. The molecule has 0 bridgehead atoms. The van der Waals surface area contributed by atoms with E-state index in [-0.39, 0.29) is 16.9 Å². The van der Waals surface area contributed by atoms with Gasteiger partial charge in [-0.05, 0) is 12.1 Å². The molecule has 0 spiro atoms. The average Bonchev–Trinajstić information content (AvgIpc) is 3.05. The lowest BCUT2D eigenvalue weighted by Gasteiger charge is -2.09. The molecule has 26 heavy (non-hydrogen) atoms. The number of aromatic amines is 1. The molecule has 0 radical (unpaired) electrons. The molecule has 134 valence electrons. The third kappa shape index (κ3) is 2.90. The first kappa shape index (κ1) is 17.2. The topological polar surface area (TPSA) is 117 Å². The predicted octanol–water partition coefficient (Wildman–Crippen LogP) is 0.921. The van der Waals surface area contributed by atoms with Gasteiger partial charge in [0.25, 0.3) is 5.91 Å². The molecule has 0 saturated carbocycles. The molecule has 0 aliphatic heterocycles. The fourth-order valence-electron chi connectivity index (χ4n) is 2.37. The number of H-pyrrole nitrogens is 1. The molecule has 0 fully saturated rings. The lowest BCUT2D eigenvalue weighted by atomic mass is 10.1. The molecular weight excluding hydrogens is 357 g/mol. The maximum atomic E-state index is 13.5. The van der Waals surface area contributed by atoms with Crippen LogP contribution in [-0.4, -0.2) is 38.1 Å². The van der Waals surface area contributed by atoms with Gasteiger partial charge in [-0.1, -0.05) is 0 Å². The highest BCUT2D eigenvalue weighted by Crippen LogP contribution is 2.23. The van der Waals surface area contributed by atoms with Gasteiger partial charge in [-0.25, -0.2) is 22.7 Å². The van der Waals surface area contributed by atoms with E-state index in [0.717, 1.165) is 16.9 Å². The van der Waals surface area contributed by atoms with Crippen LogP contribution in [0.2, 0.25) is 0 Å². The number of aliphatic carboxylic acids is 1. The van der Waals surface area contributed by atoms with E-state index in [2.05, 4.69) is 10.1 Å². The van der Waals surface area contributed by atoms with Gasteiger partial charge in [0.1, 0.15) is 18.4 Å². The number of carboxylic acid groups (broad SMARTS) is 1. The Hall–Kier alpha value is -3.63. The van der Waals surface area contributed by atoms with Gasteiger partial charge in [0.2, 0.25) is 0 Å². The number of nitrogens with zero attached hydrogens (tertiary/aromatic N) is 2. The summed E-state index contributed by atoms with van der Waals surface area (Å²) in [5.41, 5.74) is -1.76. The number of carbonyl (C=O) groups is 2. The number of carboxylic acids is 1. The van der Waals surface area contributed by atoms with Crippen LogP contribution in [-0.2, 0) is 4.79 Å². The summed E-state index contributed by atoms with van der Waals surface area (Å²) < 4.78 is 41.2. The van der Waals surface area contributed by atoms with Gasteiger partial charge in [-0.15, -0.1) is 0 Å². The zero-order valence-electron chi connectivity index (χ0n) is 12.7. The van der Waals surface area contributed by atoms with Gasteiger partial charge < -0.3 is 10.4 Å². The van der Waals surface area contributed by atoms with Crippen molar-refractivity contribution >= 4 is 17.5 Å². The zero-order valence-corrected chi connectivity index (χ0v) is 12.7. The molecular formula is C15H9F3N4O4. The molecule has 0 unspecified atom stereocenters. The van der Waals surface area contributed by atoms with Crippen molar-refractivity contribution in [2.24, 2.45) is 0 Å². The molecule has 3 rings (SSSR count). The summed E-state index contributed by atoms with van der Waals surface area (Å²) in [4.78, 5) is 38.7. The minimum atomic E-state index is -1.66. The predicted molar refractivity (Wildman–Crippen MR) is 81.1 cm³/mol. The molecule has 2 aromatic heterocycles. The molecule has 0 atom stereocenters. The van der Waals surface area contributed by atoms with Crippen LogP contribution in [0.5, 0.6) is 0 Å². The van der Waals surface area contributed by atoms with E-state index in [4.69, 9.17) is 5.11 Å². The SMILES string of the molecule is O=C(O)CNC(=O)c1c(=O)cc(-c2cc(F)c(F)c(F)c2)n2[nH]cnc12. The number of amides is 1. The highest BCUT2D eigenvalue weighted by Gasteiger charge is 2.21. The summed E-state index contributed by atoms with van der Waals surface area (Å²) in [6.45, 7) is -0.717. The maximum Gasteiger partial charge on any atom is 0.322 e. The molecule has 0 aliphatic rings. The number of nitrogens with one attached hydrogen (secondary N) is 2. The molecule has 1 aromatic carbocycles. The first-order valence-electron chi connectivity index (χ1n) is 7.03. The quantitative estimate of drug-likeness (QED) is 0.594. The van der Waals surface area contributed by atoms with Crippen molar-refractivity contribution in [3.8, 4) is 11.3 Å². The standard InChI is InChI=1S/C15H9F3N4O4/c16-7-1-6(2-8(17)13(7)18)9-3-10(23)12(14-20-5-21-22(9)14)15(26)19-4-11(24)25/h1-3,5H,4H2,(H,19,26)(H,20,21)(H,24,25). The number of fused-ring (bicyclic) bond motifs is 1. The molecule has 0 aliphatic carbocycles. The van der Waals surface area contributed by atoms with E-state index in [9.17, 15) is 27.6 Å². The highest BCUT2D eigenvalue weighted by atomic mass is 19.2. The third-order valence-electron chi connectivity index (χ3n) is 3.47. The molecule has 1 amide bonds. The monoisotopic (exact) mass is 366 g/mol. The van der Waals surface area contributed by atoms with Crippen molar-refractivity contribution in [3.63, 3.8) is 0 Å². The van der Waals surface area contributed by atoms with Crippen LogP contribution in [0.25, 0.3) is 16.9 Å². The summed E-state index contributed by atoms with van der Waals surface area (Å²) in [6.07, 6.45) is 1.11. The van der Waals surface area contributed by atoms with Crippen molar-refractivity contribution in [1.82, 2.24) is 19.9 Å². The number of pyridine rings is 1. The van der Waals surface area contributed by atoms with Gasteiger partial charge in [0.05, 0.1) is 5.69 Å². The molecule has 0 saturated heterocycles. The van der Waals surface area contributed by atoms with Gasteiger partial charge in [-0.2, -0.15) is 0 Å². The fraction of sp³-hybridized carbons (Fsp3) is 0.0667. The Morgan fingerprint density at radius 3 is 2.46 bits per heavy atom. The van der Waals surface area contributed by atoms with Crippen LogP contribution in [0.4, 0.5) is 13.2 Å². The fourth-order valence-corrected chi connectivity index (χ4v) is 2.37. The second kappa shape index (κ2) is 6.35. The summed E-state index contributed by atoms with van der Waals surface area (Å²) in [5.74, 6) is -6.87. The number of benzene rings is 1. The van der Waals surface area contributed by atoms with Crippen LogP contribution >= 0.6 is 0 Å². The Labute approximate surface area is 141 Å². The molecule has 2 heterocycles. The third-order valence-corrected chi connectivity index (χ3v) is 3.47. The Morgan fingerprint density at radius 1 is 1.19 bits per heavy atom. The molecule has 8 nitrogen and oxygen atoms in total. The van der Waals surface area contributed by atoms with E-state index in [1.165, 1.54) is 0 Å². The van der Waals surface area contributed by atoms with Crippen molar-refractivity contribution < 1.29 is 27.9 Å². The van der Waals surface area contributed by atoms with E-state index in [0.29, 0.717) is 12.1 Å². The van der Waals surface area contributed by atoms with E-state index >= 15 is 0 Å². The van der Waals surface area contributed by atoms with Crippen molar-refractivity contribution in [1.29, 1.82) is 0 Å². The number of halogens is 3. The molecule has 3 aromatic rings. The Balaban J connectivity index is 2.18. The lowest BCUT2D eigenvalue weighted by molar-refractivity contribution is -0.135. The van der Waals surface area contributed by atoms with Crippen molar-refractivity contribution in [2.75, 3.05) is 6.54 Å². The van der Waals surface area contributed by atoms with Crippen LogP contribution < -0.4 is 10.7 Å². The largest absolute Gasteiger partial charge is 0.480 e. The summed E-state index contributed by atoms with van der Waals surface area (Å²) in [7, 11) is 0. The second-order valence-electron chi connectivity index (χ2n) is 5.15. The van der Waals surface area contributed by atoms with Crippen LogP contribution in [0.15, 0.2) is 29.3 Å². The second-order valence-corrected chi connectivity index (χ2v) is 5.15. The minimum absolute atomic E-state index is 0.0740. The number of aromatic nitrogens is 3. The Kier molecular flexibility index (Phi) is 4.20. The van der Waals surface area contributed by atoms with Gasteiger partial charge in [-0.3, -0.25) is 19.5 Å². The smallest absolute Gasteiger partial charge is 0.322 e. The average molecular weight is 366 g/mol. The Morgan fingerprint density at radius 2 is 1.85 bits per heavy atom. The Bertz CT molecular complexity index is 1080. The van der Waals surface area contributed by atoms with Crippen molar-refractivity contribution in [2.45, 2.75) is 0 Å². The number of carbonyl (C=O) groups excluding carboxylic acids is 1. The van der Waals surface area contributed by atoms with E-state index < -0.39 is 46.9 Å². The first-order chi connectivity index (χ1) is 12.3. The first-order valence-corrected chi connectivity index (χ1v) is 7.03. The van der Waals surface area contributed by atoms with Crippen LogP contribution in [0.3, 0.4) is 0 Å². The van der Waals surface area contributed by atoms with Gasteiger partial charge in [0.15, 0.2) is 28.5 Å². The van der Waals surface area contributed by atoms with Gasteiger partial charge >= 0.3 is 5.97 Å². The molecule has 3 N–H and O–H groups in total. The van der Waals surface area contributed by atoms with Gasteiger partial charge in [0, 0.05) is 11.6 Å². The number of hydrogen-bond acceptors (Lipinski definition) is 4. The van der Waals surface area contributed by atoms with Crippen molar-refractivity contribution in [3.05, 3.63) is 57.8 Å². The molecule has 11 heteroatoms. The summed E-state index contributed by atoms with van der Waals surface area (Å²) in [5, 5.41) is 13.2. The number of hydrogen-bond donors (Lipinski definition) is 3. The minimum Gasteiger partial charge on any atom is -0.480 e. The normalized spacial score (nSPS) is 10.9. The number of rotatable bonds is 4. The van der Waals surface area contributed by atoms with E-state index in [1.54, 1.807) is 0 Å². The van der Waals surface area contributed by atoms with Crippen LogP contribution in [0, 0.1) is 17.5 Å². The van der Waals surface area contributed by atoms with Crippen LogP contribution in [0.1, 0.15) is 10.4 Å². The highest BCUT2D eigenvalue weighted by molar-refractivity contribution is 6.01. The maximum absolute atomic E-state index is 13.5. The summed E-state index contributed by atoms with van der Waals surface area (Å²) >= 11 is 0. The van der Waals surface area contributed by atoms with E-state index in [1.807, 2.05) is 5.32 Å². The lowest BCUT2D eigenvalue weighted by Crippen LogP contribution is -2.33.